The molecule has 0 fully saturated rings. The predicted octanol–water partition coefficient (Wildman–Crippen LogP) is -1.84. The topological polar surface area (TPSA) is 81.5 Å². The molecule has 2 atom stereocenters. The van der Waals surface area contributed by atoms with Gasteiger partial charge in [-0.05, 0) is 6.92 Å². The van der Waals surface area contributed by atoms with Crippen molar-refractivity contribution in [2.24, 2.45) is 11.5 Å². The second-order valence-electron chi connectivity index (χ2n) is 1.57. The number of hydrogen-bond acceptors (Lipinski definition) is 4. The second-order valence-corrected chi connectivity index (χ2v) is 1.57. The fourth-order valence-electron chi connectivity index (χ4n) is 0.194. The average molecular weight is 117 g/mol. The van der Waals surface area contributed by atoms with Crippen molar-refractivity contribution in [3.8, 4) is 0 Å². The third kappa shape index (κ3) is 2.98. The van der Waals surface area contributed by atoms with Gasteiger partial charge in [0.2, 0.25) is 0 Å². The summed E-state index contributed by atoms with van der Waals surface area (Å²) in [6, 6.07) is -0.265. The molecule has 0 aromatic heterocycles. The molecule has 0 amide bonds. The van der Waals surface area contributed by atoms with E-state index in [1.54, 1.807) is 6.92 Å². The lowest BCUT2D eigenvalue weighted by molar-refractivity contribution is 0.167. The fourth-order valence-corrected chi connectivity index (χ4v) is 0.194. The van der Waals surface area contributed by atoms with E-state index in [1.807, 2.05) is 0 Å². The largest absolute Gasteiger partial charge is 0.486 e. The summed E-state index contributed by atoms with van der Waals surface area (Å²) in [6.07, 6.45) is -0.611. The van der Waals surface area contributed by atoms with E-state index in [4.69, 9.17) is 16.5 Å². The van der Waals surface area contributed by atoms with E-state index in [-0.39, 0.29) is 6.04 Å². The van der Waals surface area contributed by atoms with Crippen LogP contribution in [0.15, 0.2) is 0 Å². The van der Waals surface area contributed by atoms with Crippen LogP contribution >= 0.6 is 0 Å². The van der Waals surface area contributed by atoms with Gasteiger partial charge in [-0.3, -0.25) is 0 Å². The first-order chi connectivity index (χ1) is 3.68. The summed E-state index contributed by atoms with van der Waals surface area (Å²) in [5.74, 6) is 0. The van der Waals surface area contributed by atoms with Gasteiger partial charge in [-0.15, -0.1) is 0 Å². The third-order valence-electron chi connectivity index (χ3n) is 0.736. The fraction of sp³-hybridized carbons (Fsp3) is 1.00. The lowest BCUT2D eigenvalue weighted by atomic mass is 10.3. The van der Waals surface area contributed by atoms with Gasteiger partial charge in [-0.25, -0.2) is 0 Å². The molecule has 8 heavy (non-hydrogen) atoms. The number of hydrogen-bond donors (Lipinski definition) is 3. The van der Waals surface area contributed by atoms with E-state index < -0.39 is 6.23 Å². The summed E-state index contributed by atoms with van der Waals surface area (Å²) >= 11 is 0. The molecule has 0 heterocycles. The maximum atomic E-state index is 8.00. The van der Waals surface area contributed by atoms with Gasteiger partial charge in [-0.2, -0.15) is 0 Å². The number of rotatable bonds is 3. The molecule has 0 spiro atoms. The molecular weight excluding hydrogens is 107 g/mol. The van der Waals surface area contributed by atoms with Crippen LogP contribution in [0.2, 0.25) is 0 Å². The normalized spacial score (nSPS) is 17.5. The van der Waals surface area contributed by atoms with E-state index >= 15 is 0 Å². The van der Waals surface area contributed by atoms with Gasteiger partial charge in [0.25, 0.3) is 0 Å². The van der Waals surface area contributed by atoms with Gasteiger partial charge in [0.15, 0.2) is 0 Å². The first-order valence-electron chi connectivity index (χ1n) is 2.31. The molecular formula is C3H10BN2O2. The van der Waals surface area contributed by atoms with E-state index in [1.165, 1.54) is 0 Å². The highest BCUT2D eigenvalue weighted by Gasteiger charge is 2.06. The van der Waals surface area contributed by atoms with Crippen LogP contribution in [0.3, 0.4) is 0 Å². The third-order valence-corrected chi connectivity index (χ3v) is 0.736. The molecule has 0 aliphatic rings. The maximum absolute atomic E-state index is 8.00. The second kappa shape index (κ2) is 3.85. The van der Waals surface area contributed by atoms with Gasteiger partial charge in [0, 0.05) is 6.04 Å². The minimum Gasteiger partial charge on any atom is -0.429 e. The van der Waals surface area contributed by atoms with Crippen molar-refractivity contribution in [3.63, 3.8) is 0 Å². The molecule has 0 saturated carbocycles. The molecule has 47 valence electrons. The van der Waals surface area contributed by atoms with Crippen LogP contribution in [0.4, 0.5) is 0 Å². The summed E-state index contributed by atoms with van der Waals surface area (Å²) < 4.78 is 4.39. The Balaban J connectivity index is 3.17. The molecule has 0 aliphatic heterocycles. The first kappa shape index (κ1) is 7.90. The van der Waals surface area contributed by atoms with Gasteiger partial charge in [-0.1, -0.05) is 0 Å². The molecule has 5 N–H and O–H groups in total. The summed E-state index contributed by atoms with van der Waals surface area (Å²) in [5.41, 5.74) is 10.4. The molecule has 0 aromatic rings. The Bertz CT molecular complexity index is 61.2. The van der Waals surface area contributed by atoms with Crippen LogP contribution in [0.1, 0.15) is 6.92 Å². The SMILES string of the molecule is CC(N)C(N)O[B]O. The lowest BCUT2D eigenvalue weighted by Crippen LogP contribution is -2.41. The zero-order valence-electron chi connectivity index (χ0n) is 4.74. The lowest BCUT2D eigenvalue weighted by Gasteiger charge is -2.13. The first-order valence-corrected chi connectivity index (χ1v) is 2.31. The van der Waals surface area contributed by atoms with Crippen molar-refractivity contribution >= 4 is 7.69 Å². The predicted molar refractivity (Wildman–Crippen MR) is 30.7 cm³/mol. The Morgan fingerprint density at radius 1 is 1.62 bits per heavy atom. The highest BCUT2D eigenvalue weighted by Crippen LogP contribution is 1.83. The molecule has 0 saturated heterocycles. The van der Waals surface area contributed by atoms with Crippen molar-refractivity contribution < 1.29 is 9.68 Å². The Morgan fingerprint density at radius 3 is 2.25 bits per heavy atom. The molecule has 0 aromatic carbocycles. The van der Waals surface area contributed by atoms with Crippen LogP contribution in [-0.4, -0.2) is 25.0 Å². The Hall–Kier alpha value is -0.0951. The van der Waals surface area contributed by atoms with E-state index in [9.17, 15) is 0 Å². The van der Waals surface area contributed by atoms with Crippen LogP contribution in [0.25, 0.3) is 0 Å². The van der Waals surface area contributed by atoms with Crippen LogP contribution < -0.4 is 11.5 Å². The van der Waals surface area contributed by atoms with Crippen molar-refractivity contribution in [2.45, 2.75) is 19.2 Å². The van der Waals surface area contributed by atoms with Crippen LogP contribution in [0, 0.1) is 0 Å². The van der Waals surface area contributed by atoms with E-state index in [2.05, 4.69) is 4.65 Å². The molecule has 5 heteroatoms. The smallest absolute Gasteiger partial charge is 0.429 e. The quantitative estimate of drug-likeness (QED) is 0.299. The molecule has 0 aliphatic carbocycles. The van der Waals surface area contributed by atoms with Crippen LogP contribution in [-0.2, 0) is 4.65 Å². The van der Waals surface area contributed by atoms with Crippen LogP contribution in [0.5, 0.6) is 0 Å². The minimum atomic E-state index is -0.611. The molecule has 1 radical (unpaired) electrons. The van der Waals surface area contributed by atoms with Gasteiger partial charge in [0.05, 0.1) is 0 Å². The standard InChI is InChI=1S/C3H10BN2O2/c1-2(5)3(6)8-4-7/h2-3,7H,5-6H2,1H3. The van der Waals surface area contributed by atoms with Crippen molar-refractivity contribution in [2.75, 3.05) is 0 Å². The summed E-state index contributed by atoms with van der Waals surface area (Å²) in [5, 5.41) is 8.00. The summed E-state index contributed by atoms with van der Waals surface area (Å²) in [4.78, 5) is 0. The Morgan fingerprint density at radius 2 is 2.12 bits per heavy atom. The Kier molecular flexibility index (Phi) is 3.81. The number of nitrogens with two attached hydrogens (primary N) is 2. The van der Waals surface area contributed by atoms with Crippen molar-refractivity contribution in [1.82, 2.24) is 0 Å². The monoisotopic (exact) mass is 117 g/mol. The van der Waals surface area contributed by atoms with Gasteiger partial charge in [0.1, 0.15) is 6.23 Å². The zero-order valence-corrected chi connectivity index (χ0v) is 4.74. The van der Waals surface area contributed by atoms with Gasteiger partial charge >= 0.3 is 7.69 Å². The van der Waals surface area contributed by atoms with Gasteiger partial charge < -0.3 is 21.1 Å². The zero-order chi connectivity index (χ0) is 6.57. The molecule has 2 unspecified atom stereocenters. The van der Waals surface area contributed by atoms with Crippen molar-refractivity contribution in [3.05, 3.63) is 0 Å². The molecule has 4 nitrogen and oxygen atoms in total. The van der Waals surface area contributed by atoms with E-state index in [0.717, 1.165) is 0 Å². The molecule has 0 bridgehead atoms. The van der Waals surface area contributed by atoms with Crippen molar-refractivity contribution in [1.29, 1.82) is 0 Å². The molecule has 0 rings (SSSR count). The minimum absolute atomic E-state index is 0.265. The highest BCUT2D eigenvalue weighted by atomic mass is 16.5. The Labute approximate surface area is 49.1 Å². The summed E-state index contributed by atoms with van der Waals surface area (Å²) in [6.45, 7) is 1.69. The summed E-state index contributed by atoms with van der Waals surface area (Å²) in [7, 11) is 0.536. The van der Waals surface area contributed by atoms with E-state index in [0.29, 0.717) is 7.69 Å². The maximum Gasteiger partial charge on any atom is 0.486 e. The average Bonchev–Trinajstić information content (AvgIpc) is 1.67. The highest BCUT2D eigenvalue weighted by molar-refractivity contribution is 6.15.